The molecule has 2 N–H and O–H groups in total. The minimum absolute atomic E-state index is 0.0704. The molecule has 3 aliphatic rings. The Labute approximate surface area is 194 Å². The largest absolute Gasteiger partial charge is 0.330 e. The van der Waals surface area contributed by atoms with Gasteiger partial charge in [0.25, 0.3) is 0 Å². The van der Waals surface area contributed by atoms with Gasteiger partial charge in [-0.05, 0) is 74.7 Å². The number of fused-ring (bicyclic) bond motifs is 19. The number of nitroso groups, excluding NO2 is 1. The van der Waals surface area contributed by atoms with Gasteiger partial charge in [0.1, 0.15) is 0 Å². The van der Waals surface area contributed by atoms with Gasteiger partial charge < -0.3 is 5.73 Å². The molecule has 0 amide bonds. The molecular weight excluding hydrogens is 380 g/mol. The summed E-state index contributed by atoms with van der Waals surface area (Å²) in [6.45, 7) is 5.73. The average molecular weight is 435 g/mol. The quantitative estimate of drug-likeness (QED) is 0.452. The van der Waals surface area contributed by atoms with Gasteiger partial charge in [0.15, 0.2) is 0 Å². The minimum atomic E-state index is 0.0704. The lowest BCUT2D eigenvalue weighted by molar-refractivity contribution is 0.140. The molecule has 0 aliphatic heterocycles. The van der Waals surface area contributed by atoms with E-state index < -0.39 is 0 Å². The van der Waals surface area contributed by atoms with Crippen LogP contribution >= 0.6 is 0 Å². The molecule has 2 bridgehead atoms. The van der Waals surface area contributed by atoms with E-state index in [9.17, 15) is 4.91 Å². The molecular formula is C28H54N2O. The molecule has 3 saturated carbocycles. The topological polar surface area (TPSA) is 55.4 Å². The van der Waals surface area contributed by atoms with E-state index in [1.165, 1.54) is 109 Å². The monoisotopic (exact) mass is 434 g/mol. The highest BCUT2D eigenvalue weighted by Crippen LogP contribution is 2.42. The van der Waals surface area contributed by atoms with Crippen LogP contribution < -0.4 is 5.73 Å². The van der Waals surface area contributed by atoms with E-state index in [0.717, 1.165) is 49.0 Å². The first kappa shape index (κ1) is 26.8. The van der Waals surface area contributed by atoms with Gasteiger partial charge in [-0.25, -0.2) is 0 Å². The van der Waals surface area contributed by atoms with Crippen molar-refractivity contribution in [1.82, 2.24) is 0 Å². The summed E-state index contributed by atoms with van der Waals surface area (Å²) in [5.74, 6) is 4.54. The summed E-state index contributed by atoms with van der Waals surface area (Å²) in [5.41, 5.74) is 5.93. The van der Waals surface area contributed by atoms with Crippen molar-refractivity contribution in [2.24, 2.45) is 40.5 Å². The van der Waals surface area contributed by atoms with Crippen LogP contribution in [0.5, 0.6) is 0 Å². The van der Waals surface area contributed by atoms with Gasteiger partial charge >= 0.3 is 0 Å². The Morgan fingerprint density at radius 1 is 0.645 bits per heavy atom. The molecule has 0 saturated heterocycles. The maximum absolute atomic E-state index is 11.2. The van der Waals surface area contributed by atoms with Crippen LogP contribution in [0.2, 0.25) is 0 Å². The summed E-state index contributed by atoms with van der Waals surface area (Å²) in [5, 5.41) is 3.45. The highest BCUT2D eigenvalue weighted by atomic mass is 16.3. The van der Waals surface area contributed by atoms with Crippen LogP contribution in [0.3, 0.4) is 0 Å². The highest BCUT2D eigenvalue weighted by Gasteiger charge is 2.30. The molecule has 0 aromatic carbocycles. The first-order valence-electron chi connectivity index (χ1n) is 14.1. The van der Waals surface area contributed by atoms with Crippen molar-refractivity contribution in [2.75, 3.05) is 6.54 Å². The number of rotatable bonds is 3. The lowest BCUT2D eigenvalue weighted by Gasteiger charge is -2.38. The molecule has 3 fully saturated rings. The van der Waals surface area contributed by atoms with E-state index in [1.807, 2.05) is 0 Å². The fourth-order valence-electron chi connectivity index (χ4n) is 6.37. The van der Waals surface area contributed by atoms with Gasteiger partial charge in [0.05, 0.1) is 6.04 Å². The molecule has 0 heterocycles. The van der Waals surface area contributed by atoms with Crippen molar-refractivity contribution in [2.45, 2.75) is 142 Å². The Bertz CT molecular complexity index is 448. The molecule has 182 valence electrons. The second kappa shape index (κ2) is 16.2. The third kappa shape index (κ3) is 11.8. The Morgan fingerprint density at radius 3 is 1.87 bits per heavy atom. The zero-order valence-electron chi connectivity index (χ0n) is 21.0. The van der Waals surface area contributed by atoms with Crippen molar-refractivity contribution in [3.8, 4) is 0 Å². The molecule has 3 rings (SSSR count). The molecule has 4 unspecified atom stereocenters. The molecule has 0 spiro atoms. The van der Waals surface area contributed by atoms with Crippen LogP contribution in [-0.4, -0.2) is 12.6 Å². The summed E-state index contributed by atoms with van der Waals surface area (Å²) in [7, 11) is 0. The number of nitrogens with two attached hydrogens (primary N) is 1. The zero-order chi connectivity index (χ0) is 22.3. The lowest BCUT2D eigenvalue weighted by Crippen LogP contribution is -2.26. The molecule has 3 heteroatoms. The van der Waals surface area contributed by atoms with E-state index in [0.29, 0.717) is 0 Å². The summed E-state index contributed by atoms with van der Waals surface area (Å²) in [4.78, 5) is 11.2. The highest BCUT2D eigenvalue weighted by molar-refractivity contribution is 4.81. The second-order valence-corrected chi connectivity index (χ2v) is 11.6. The van der Waals surface area contributed by atoms with Crippen LogP contribution in [0.1, 0.15) is 136 Å². The minimum Gasteiger partial charge on any atom is -0.330 e. The zero-order valence-corrected chi connectivity index (χ0v) is 21.0. The predicted molar refractivity (Wildman–Crippen MR) is 135 cm³/mol. The van der Waals surface area contributed by atoms with Crippen LogP contribution in [0.25, 0.3) is 0 Å². The van der Waals surface area contributed by atoms with Gasteiger partial charge in [0.2, 0.25) is 0 Å². The van der Waals surface area contributed by atoms with Crippen molar-refractivity contribution in [3.05, 3.63) is 4.91 Å². The fourth-order valence-corrected chi connectivity index (χ4v) is 6.37. The number of nitrogens with zero attached hydrogens (tertiary/aromatic N) is 1. The van der Waals surface area contributed by atoms with E-state index >= 15 is 0 Å². The molecule has 31 heavy (non-hydrogen) atoms. The van der Waals surface area contributed by atoms with Crippen molar-refractivity contribution in [1.29, 1.82) is 0 Å². The molecule has 0 radical (unpaired) electrons. The van der Waals surface area contributed by atoms with E-state index in [-0.39, 0.29) is 6.04 Å². The molecule has 0 aromatic rings. The second-order valence-electron chi connectivity index (χ2n) is 11.6. The molecule has 0 aromatic heterocycles. The van der Waals surface area contributed by atoms with Gasteiger partial charge in [-0.15, -0.1) is 0 Å². The van der Waals surface area contributed by atoms with E-state index in [4.69, 9.17) is 5.73 Å². The summed E-state index contributed by atoms with van der Waals surface area (Å²) in [6.07, 6.45) is 25.1. The summed E-state index contributed by atoms with van der Waals surface area (Å²) >= 11 is 0. The Hall–Kier alpha value is -0.440. The first-order valence-corrected chi connectivity index (χ1v) is 14.1. The molecule has 3 nitrogen and oxygen atoms in total. The average Bonchev–Trinajstić information content (AvgIpc) is 2.72. The first-order chi connectivity index (χ1) is 15.1. The molecule has 4 atom stereocenters. The van der Waals surface area contributed by atoms with Gasteiger partial charge in [-0.1, -0.05) is 102 Å². The Kier molecular flexibility index (Phi) is 14.0. The maximum Gasteiger partial charge on any atom is 0.0919 e. The van der Waals surface area contributed by atoms with E-state index in [1.54, 1.807) is 0 Å². The number of hydrogen-bond acceptors (Lipinski definition) is 3. The van der Waals surface area contributed by atoms with Crippen molar-refractivity contribution < 1.29 is 0 Å². The maximum atomic E-state index is 11.2. The smallest absolute Gasteiger partial charge is 0.0919 e. The van der Waals surface area contributed by atoms with Crippen molar-refractivity contribution >= 4 is 0 Å². The standard InChI is InChI=1S/C28H54N2O/c1-23-10-4-3-5-13-25(18-19-29)16-17-26-21-27(22-26)20-24(2)12-7-9-15-28(30-31)14-8-6-11-23/h23-28H,3-22,29H2,1-2H3. The summed E-state index contributed by atoms with van der Waals surface area (Å²) in [6, 6.07) is 0.0704. The third-order valence-electron chi connectivity index (χ3n) is 8.55. The lowest BCUT2D eigenvalue weighted by atomic mass is 9.68. The Balaban J connectivity index is 1.77. The normalized spacial score (nSPS) is 36.2. The summed E-state index contributed by atoms with van der Waals surface area (Å²) < 4.78 is 0. The van der Waals surface area contributed by atoms with E-state index in [2.05, 4.69) is 19.0 Å². The van der Waals surface area contributed by atoms with Gasteiger partial charge in [0, 0.05) is 0 Å². The SMILES string of the molecule is CC1CCCCCC(CCN)CCC2CC(CC(C)CCCCC(N=O)CCCC1)C2. The predicted octanol–water partition coefficient (Wildman–Crippen LogP) is 8.64. The van der Waals surface area contributed by atoms with Crippen LogP contribution in [0.4, 0.5) is 0 Å². The van der Waals surface area contributed by atoms with Gasteiger partial charge in [-0.3, -0.25) is 0 Å². The number of hydrogen-bond donors (Lipinski definition) is 1. The fraction of sp³-hybridized carbons (Fsp3) is 1.00. The van der Waals surface area contributed by atoms with Crippen LogP contribution in [0, 0.1) is 34.5 Å². The van der Waals surface area contributed by atoms with Crippen LogP contribution in [0.15, 0.2) is 5.18 Å². The Morgan fingerprint density at radius 2 is 1.23 bits per heavy atom. The third-order valence-corrected chi connectivity index (χ3v) is 8.55. The molecule has 3 aliphatic carbocycles. The van der Waals surface area contributed by atoms with Crippen molar-refractivity contribution in [3.63, 3.8) is 0 Å². The van der Waals surface area contributed by atoms with Gasteiger partial charge in [-0.2, -0.15) is 4.91 Å². The van der Waals surface area contributed by atoms with Crippen LogP contribution in [-0.2, 0) is 0 Å².